The van der Waals surface area contributed by atoms with Crippen molar-refractivity contribution < 1.29 is 14.2 Å². The Morgan fingerprint density at radius 3 is 2.53 bits per heavy atom. The molecule has 162 valence electrons. The highest BCUT2D eigenvalue weighted by atomic mass is 35.5. The Labute approximate surface area is 188 Å². The Kier molecular flexibility index (Phi) is 8.68. The molecule has 3 aromatic rings. The minimum Gasteiger partial charge on any atom is -0.489 e. The molecule has 0 amide bonds. The number of rotatable bonds is 8. The zero-order chi connectivity index (χ0) is 21.0. The van der Waals surface area contributed by atoms with Gasteiger partial charge in [0.2, 0.25) is 5.95 Å². The van der Waals surface area contributed by atoms with E-state index in [-0.39, 0.29) is 42.4 Å². The molecule has 0 bridgehead atoms. The van der Waals surface area contributed by atoms with Gasteiger partial charge in [0.05, 0.1) is 17.7 Å². The van der Waals surface area contributed by atoms with Crippen molar-refractivity contribution in [2.24, 2.45) is 5.73 Å². The normalized spacial score (nSPS) is 11.8. The predicted molar refractivity (Wildman–Crippen MR) is 118 cm³/mol. The molecule has 0 aliphatic rings. The van der Waals surface area contributed by atoms with Crippen LogP contribution in [0.4, 0.5) is 10.3 Å². The van der Waals surface area contributed by atoms with E-state index in [0.717, 1.165) is 0 Å². The van der Waals surface area contributed by atoms with Crippen LogP contribution in [-0.4, -0.2) is 50.6 Å². The van der Waals surface area contributed by atoms with Crippen molar-refractivity contribution >= 4 is 41.3 Å². The third-order valence-electron chi connectivity index (χ3n) is 3.68. The van der Waals surface area contributed by atoms with Crippen molar-refractivity contribution in [3.8, 4) is 26.9 Å². The summed E-state index contributed by atoms with van der Waals surface area (Å²) >= 11 is 7.53. The lowest BCUT2D eigenvalue weighted by Gasteiger charge is -2.12. The number of nitrogens with zero attached hydrogens (tertiary/aromatic N) is 4. The van der Waals surface area contributed by atoms with Crippen molar-refractivity contribution in [2.75, 3.05) is 18.5 Å². The quantitative estimate of drug-likeness (QED) is 0.454. The predicted octanol–water partition coefficient (Wildman–Crippen LogP) is 3.40. The molecule has 4 N–H and O–H groups in total. The van der Waals surface area contributed by atoms with Crippen LogP contribution >= 0.6 is 35.3 Å². The van der Waals surface area contributed by atoms with Crippen LogP contribution in [0.3, 0.4) is 0 Å². The van der Waals surface area contributed by atoms with Crippen molar-refractivity contribution in [1.82, 2.24) is 20.2 Å². The zero-order valence-electron chi connectivity index (χ0n) is 16.2. The van der Waals surface area contributed by atoms with Gasteiger partial charge >= 0.3 is 0 Å². The van der Waals surface area contributed by atoms with Crippen molar-refractivity contribution in [2.45, 2.75) is 25.9 Å². The van der Waals surface area contributed by atoms with Crippen LogP contribution in [0.25, 0.3) is 21.1 Å². The number of aliphatic hydroxyl groups is 1. The van der Waals surface area contributed by atoms with Gasteiger partial charge < -0.3 is 20.9 Å². The summed E-state index contributed by atoms with van der Waals surface area (Å²) < 4.78 is 19.7. The van der Waals surface area contributed by atoms with Crippen LogP contribution < -0.4 is 15.8 Å². The highest BCUT2D eigenvalue weighted by Crippen LogP contribution is 2.37. The number of anilines is 1. The van der Waals surface area contributed by atoms with Gasteiger partial charge in [0, 0.05) is 35.6 Å². The van der Waals surface area contributed by atoms with Crippen LogP contribution in [-0.2, 0) is 0 Å². The summed E-state index contributed by atoms with van der Waals surface area (Å²) in [6.07, 6.45) is 3.29. The monoisotopic (exact) mass is 474 g/mol. The molecule has 8 nitrogen and oxygen atoms in total. The van der Waals surface area contributed by atoms with E-state index in [4.69, 9.17) is 27.2 Å². The summed E-state index contributed by atoms with van der Waals surface area (Å²) in [5.74, 6) is -0.136. The lowest BCUT2D eigenvalue weighted by molar-refractivity contribution is 0.202. The lowest BCUT2D eigenvalue weighted by atomic mass is 10.2. The second-order valence-electron chi connectivity index (χ2n) is 6.52. The first kappa shape index (κ1) is 24.2. The van der Waals surface area contributed by atoms with Gasteiger partial charge in [-0.2, -0.15) is 0 Å². The number of nitrogens with one attached hydrogen (secondary N) is 1. The Morgan fingerprint density at radius 1 is 1.23 bits per heavy atom. The summed E-state index contributed by atoms with van der Waals surface area (Å²) in [6.45, 7) is 3.69. The van der Waals surface area contributed by atoms with Crippen LogP contribution in [0.5, 0.6) is 5.75 Å². The Bertz CT molecular complexity index is 974. The molecular weight excluding hydrogens is 454 g/mol. The van der Waals surface area contributed by atoms with E-state index >= 15 is 0 Å². The maximum Gasteiger partial charge on any atom is 0.222 e. The number of hydrogen-bond donors (Lipinski definition) is 3. The molecule has 0 saturated carbocycles. The second kappa shape index (κ2) is 10.8. The van der Waals surface area contributed by atoms with Gasteiger partial charge in [-0.3, -0.25) is 0 Å². The molecule has 0 aliphatic heterocycles. The van der Waals surface area contributed by atoms with Gasteiger partial charge in [-0.25, -0.2) is 14.4 Å². The minimum absolute atomic E-state index is 0. The Hall–Kier alpha value is -2.11. The first-order chi connectivity index (χ1) is 13.9. The molecule has 0 unspecified atom stereocenters. The molecule has 1 atom stereocenters. The summed E-state index contributed by atoms with van der Waals surface area (Å²) in [7, 11) is 0. The maximum atomic E-state index is 14.4. The van der Waals surface area contributed by atoms with Gasteiger partial charge in [0.1, 0.15) is 11.6 Å². The largest absolute Gasteiger partial charge is 0.489 e. The SMILES string of the molecule is CC(C)Nc1ncc(-c2nnc(-c3cc(F)c(OC[C@H](N)CO)cc3Cl)s2)cn1.Cl. The standard InChI is InChI=1S/C18H20ClFN6O2S.ClH/c1-9(2)24-18-22-5-10(6-23-18)16-25-26-17(29-16)12-3-14(20)15(4-13(12)19)28-8-11(21)7-27;/h3-6,9,11,27H,7-8,21H2,1-2H3,(H,22,23,24);1H/t11-;/m1./s1. The number of hydrogen-bond acceptors (Lipinski definition) is 9. The first-order valence-electron chi connectivity index (χ1n) is 8.78. The Balaban J connectivity index is 0.00000320. The number of nitrogens with two attached hydrogens (primary N) is 1. The van der Waals surface area contributed by atoms with Crippen molar-refractivity contribution in [3.63, 3.8) is 0 Å². The van der Waals surface area contributed by atoms with Gasteiger partial charge in [-0.1, -0.05) is 22.9 Å². The molecule has 12 heteroatoms. The molecule has 0 spiro atoms. The fourth-order valence-electron chi connectivity index (χ4n) is 2.27. The van der Waals surface area contributed by atoms with E-state index in [9.17, 15) is 4.39 Å². The molecule has 1 aromatic carbocycles. The molecular formula is C18H21Cl2FN6O2S. The number of halogens is 3. The summed E-state index contributed by atoms with van der Waals surface area (Å²) in [5, 5.41) is 21.6. The number of ether oxygens (including phenoxy) is 1. The van der Waals surface area contributed by atoms with Crippen molar-refractivity contribution in [3.05, 3.63) is 35.4 Å². The zero-order valence-corrected chi connectivity index (χ0v) is 18.6. The Morgan fingerprint density at radius 2 is 1.90 bits per heavy atom. The number of benzene rings is 1. The summed E-state index contributed by atoms with van der Waals surface area (Å²) in [6, 6.07) is 2.20. The van der Waals surface area contributed by atoms with Gasteiger partial charge in [-0.05, 0) is 19.9 Å². The van der Waals surface area contributed by atoms with E-state index in [1.54, 1.807) is 12.4 Å². The highest BCUT2D eigenvalue weighted by molar-refractivity contribution is 7.18. The van der Waals surface area contributed by atoms with Gasteiger partial charge in [0.25, 0.3) is 0 Å². The van der Waals surface area contributed by atoms with Crippen LogP contribution in [0.2, 0.25) is 5.02 Å². The van der Waals surface area contributed by atoms with Crippen LogP contribution in [0, 0.1) is 5.82 Å². The van der Waals surface area contributed by atoms with E-state index in [1.165, 1.54) is 23.5 Å². The molecule has 2 aromatic heterocycles. The molecule has 0 radical (unpaired) electrons. The fourth-order valence-corrected chi connectivity index (χ4v) is 3.42. The third kappa shape index (κ3) is 5.96. The molecule has 3 rings (SSSR count). The van der Waals surface area contributed by atoms with Gasteiger partial charge in [0.15, 0.2) is 16.6 Å². The number of aliphatic hydroxyl groups excluding tert-OH is 1. The van der Waals surface area contributed by atoms with Crippen LogP contribution in [0.15, 0.2) is 24.5 Å². The van der Waals surface area contributed by atoms with Crippen LogP contribution in [0.1, 0.15) is 13.8 Å². The average molecular weight is 475 g/mol. The minimum atomic E-state index is -0.612. The average Bonchev–Trinajstić information content (AvgIpc) is 3.18. The molecule has 0 saturated heterocycles. The molecule has 0 aliphatic carbocycles. The summed E-state index contributed by atoms with van der Waals surface area (Å²) in [5.41, 5.74) is 6.65. The topological polar surface area (TPSA) is 119 Å². The molecule has 30 heavy (non-hydrogen) atoms. The number of aromatic nitrogens is 4. The molecule has 2 heterocycles. The van der Waals surface area contributed by atoms with Gasteiger partial charge in [-0.15, -0.1) is 22.6 Å². The summed E-state index contributed by atoms with van der Waals surface area (Å²) in [4.78, 5) is 8.50. The second-order valence-corrected chi connectivity index (χ2v) is 7.91. The maximum absolute atomic E-state index is 14.4. The first-order valence-corrected chi connectivity index (χ1v) is 9.98. The lowest BCUT2D eigenvalue weighted by Crippen LogP contribution is -2.31. The molecule has 0 fully saturated rings. The third-order valence-corrected chi connectivity index (χ3v) is 5.00. The van der Waals surface area contributed by atoms with Crippen molar-refractivity contribution in [1.29, 1.82) is 0 Å². The van der Waals surface area contributed by atoms with E-state index in [0.29, 0.717) is 27.1 Å². The van der Waals surface area contributed by atoms with E-state index in [1.807, 2.05) is 13.8 Å². The van der Waals surface area contributed by atoms with E-state index < -0.39 is 11.9 Å². The fraction of sp³-hybridized carbons (Fsp3) is 0.333. The smallest absolute Gasteiger partial charge is 0.222 e. The highest BCUT2D eigenvalue weighted by Gasteiger charge is 2.17. The van der Waals surface area contributed by atoms with E-state index in [2.05, 4.69) is 25.5 Å².